The Labute approximate surface area is 146 Å². The normalized spacial score (nSPS) is 14.4. The van der Waals surface area contributed by atoms with Crippen LogP contribution in [0.1, 0.15) is 11.1 Å². The first-order valence-corrected chi connectivity index (χ1v) is 8.36. The number of nitrogens with one attached hydrogen (secondary N) is 2. The van der Waals surface area contributed by atoms with Gasteiger partial charge in [-0.15, -0.1) is 0 Å². The van der Waals surface area contributed by atoms with Crippen molar-refractivity contribution in [1.29, 1.82) is 0 Å². The van der Waals surface area contributed by atoms with E-state index in [0.717, 1.165) is 43.4 Å². The summed E-state index contributed by atoms with van der Waals surface area (Å²) in [6.07, 6.45) is 9.49. The van der Waals surface area contributed by atoms with Gasteiger partial charge in [0.2, 0.25) is 0 Å². The molecule has 0 saturated heterocycles. The van der Waals surface area contributed by atoms with Gasteiger partial charge >= 0.3 is 0 Å². The number of anilines is 3. The van der Waals surface area contributed by atoms with E-state index in [1.54, 1.807) is 12.4 Å². The van der Waals surface area contributed by atoms with Gasteiger partial charge in [-0.05, 0) is 12.1 Å². The van der Waals surface area contributed by atoms with Crippen LogP contribution in [0.15, 0.2) is 49.2 Å². The molecule has 0 spiro atoms. The van der Waals surface area contributed by atoms with Crippen LogP contribution in [0.4, 0.5) is 17.2 Å². The van der Waals surface area contributed by atoms with Gasteiger partial charge in [-0.1, -0.05) is 0 Å². The molecular formula is C18H21N7. The number of fused-ring (bicyclic) bond motifs is 1. The highest BCUT2D eigenvalue weighted by molar-refractivity contribution is 5.63. The molecule has 0 amide bonds. The van der Waals surface area contributed by atoms with Crippen LogP contribution < -0.4 is 10.6 Å². The Morgan fingerprint density at radius 3 is 3.04 bits per heavy atom. The van der Waals surface area contributed by atoms with Crippen LogP contribution in [0.25, 0.3) is 0 Å². The molecule has 4 rings (SSSR count). The second-order valence-electron chi connectivity index (χ2n) is 6.25. The number of pyridine rings is 2. The molecule has 0 aliphatic carbocycles. The Balaban J connectivity index is 1.48. The summed E-state index contributed by atoms with van der Waals surface area (Å²) in [6, 6.07) is 5.94. The summed E-state index contributed by atoms with van der Waals surface area (Å²) in [5.41, 5.74) is 4.50. The largest absolute Gasteiger partial charge is 0.383 e. The third-order valence-electron chi connectivity index (χ3n) is 4.22. The Morgan fingerprint density at radius 2 is 2.24 bits per heavy atom. The molecule has 128 valence electrons. The van der Waals surface area contributed by atoms with Crippen molar-refractivity contribution >= 4 is 17.2 Å². The highest BCUT2D eigenvalue weighted by Crippen LogP contribution is 2.24. The van der Waals surface area contributed by atoms with Crippen molar-refractivity contribution in [3.63, 3.8) is 0 Å². The van der Waals surface area contributed by atoms with Crippen molar-refractivity contribution in [3.8, 4) is 0 Å². The van der Waals surface area contributed by atoms with Crippen molar-refractivity contribution in [3.05, 3.63) is 60.3 Å². The fourth-order valence-electron chi connectivity index (χ4n) is 3.04. The molecule has 4 heterocycles. The number of hydrogen-bond donors (Lipinski definition) is 2. The highest BCUT2D eigenvalue weighted by Gasteiger charge is 2.16. The molecule has 3 aromatic heterocycles. The van der Waals surface area contributed by atoms with E-state index in [1.165, 1.54) is 11.1 Å². The molecule has 25 heavy (non-hydrogen) atoms. The predicted molar refractivity (Wildman–Crippen MR) is 97.6 cm³/mol. The molecule has 0 aromatic carbocycles. The van der Waals surface area contributed by atoms with E-state index in [0.29, 0.717) is 0 Å². The molecule has 0 bridgehead atoms. The molecule has 0 radical (unpaired) electrons. The quantitative estimate of drug-likeness (QED) is 0.763. The standard InChI is InChI=1S/C18H21N7/c1-24-11-14(8-22-24)12-25-6-5-20-17-7-18(21-9-15(17)13-25)23-16-3-2-4-19-10-16/h2-4,7-11,20H,5-6,12-13H2,1H3,(H,21,23). The van der Waals surface area contributed by atoms with Gasteiger partial charge < -0.3 is 10.6 Å². The van der Waals surface area contributed by atoms with Crippen LogP contribution in [0.5, 0.6) is 0 Å². The van der Waals surface area contributed by atoms with E-state index < -0.39 is 0 Å². The van der Waals surface area contributed by atoms with Crippen LogP contribution >= 0.6 is 0 Å². The molecular weight excluding hydrogens is 314 g/mol. The molecule has 7 heteroatoms. The summed E-state index contributed by atoms with van der Waals surface area (Å²) < 4.78 is 1.84. The molecule has 1 aliphatic rings. The zero-order valence-corrected chi connectivity index (χ0v) is 14.2. The van der Waals surface area contributed by atoms with Gasteiger partial charge in [0.25, 0.3) is 0 Å². The van der Waals surface area contributed by atoms with E-state index in [9.17, 15) is 0 Å². The third kappa shape index (κ3) is 3.77. The van der Waals surface area contributed by atoms with Crippen LogP contribution in [-0.2, 0) is 20.1 Å². The summed E-state index contributed by atoms with van der Waals surface area (Å²) >= 11 is 0. The first-order chi connectivity index (χ1) is 12.3. The maximum absolute atomic E-state index is 4.55. The minimum absolute atomic E-state index is 0.819. The first kappa shape index (κ1) is 15.6. The van der Waals surface area contributed by atoms with Crippen LogP contribution in [-0.4, -0.2) is 37.7 Å². The molecule has 1 aliphatic heterocycles. The predicted octanol–water partition coefficient (Wildman–Crippen LogP) is 2.38. The maximum Gasteiger partial charge on any atom is 0.132 e. The second kappa shape index (κ2) is 6.90. The first-order valence-electron chi connectivity index (χ1n) is 8.36. The van der Waals surface area contributed by atoms with Gasteiger partial charge in [-0.3, -0.25) is 14.6 Å². The van der Waals surface area contributed by atoms with Gasteiger partial charge in [-0.25, -0.2) is 4.98 Å². The average Bonchev–Trinajstić information content (AvgIpc) is 2.91. The summed E-state index contributed by atoms with van der Waals surface area (Å²) in [7, 11) is 1.95. The number of aryl methyl sites for hydroxylation is 1. The Bertz CT molecular complexity index is 844. The fraction of sp³-hybridized carbons (Fsp3) is 0.278. The smallest absolute Gasteiger partial charge is 0.132 e. The van der Waals surface area contributed by atoms with E-state index in [1.807, 2.05) is 36.3 Å². The second-order valence-corrected chi connectivity index (χ2v) is 6.25. The van der Waals surface area contributed by atoms with Crippen molar-refractivity contribution in [1.82, 2.24) is 24.6 Å². The molecule has 0 unspecified atom stereocenters. The van der Waals surface area contributed by atoms with Crippen molar-refractivity contribution in [2.45, 2.75) is 13.1 Å². The van der Waals surface area contributed by atoms with Crippen molar-refractivity contribution < 1.29 is 0 Å². The zero-order valence-electron chi connectivity index (χ0n) is 14.2. The number of aromatic nitrogens is 4. The van der Waals surface area contributed by atoms with Crippen molar-refractivity contribution in [2.75, 3.05) is 23.7 Å². The van der Waals surface area contributed by atoms with Gasteiger partial charge in [0, 0.05) is 74.7 Å². The Hall–Kier alpha value is -2.93. The third-order valence-corrected chi connectivity index (χ3v) is 4.22. The van der Waals surface area contributed by atoms with E-state index >= 15 is 0 Å². The summed E-state index contributed by atoms with van der Waals surface area (Å²) in [6.45, 7) is 3.65. The van der Waals surface area contributed by atoms with Gasteiger partial charge in [-0.2, -0.15) is 5.10 Å². The van der Waals surface area contributed by atoms with Gasteiger partial charge in [0.1, 0.15) is 5.82 Å². The average molecular weight is 335 g/mol. The summed E-state index contributed by atoms with van der Waals surface area (Å²) in [5.74, 6) is 0.819. The van der Waals surface area contributed by atoms with E-state index in [2.05, 4.69) is 42.9 Å². The lowest BCUT2D eigenvalue weighted by Crippen LogP contribution is -2.25. The lowest BCUT2D eigenvalue weighted by Gasteiger charge is -2.18. The fourth-order valence-corrected chi connectivity index (χ4v) is 3.04. The molecule has 2 N–H and O–H groups in total. The molecule has 3 aromatic rings. The minimum atomic E-state index is 0.819. The summed E-state index contributed by atoms with van der Waals surface area (Å²) in [5, 5.41) is 11.1. The molecule has 0 saturated carbocycles. The topological polar surface area (TPSA) is 70.9 Å². The lowest BCUT2D eigenvalue weighted by atomic mass is 10.2. The van der Waals surface area contributed by atoms with Crippen LogP contribution in [0.2, 0.25) is 0 Å². The monoisotopic (exact) mass is 335 g/mol. The van der Waals surface area contributed by atoms with E-state index in [-0.39, 0.29) is 0 Å². The van der Waals surface area contributed by atoms with Gasteiger partial charge in [0.05, 0.1) is 18.1 Å². The van der Waals surface area contributed by atoms with Gasteiger partial charge in [0.15, 0.2) is 0 Å². The summed E-state index contributed by atoms with van der Waals surface area (Å²) in [4.78, 5) is 11.1. The zero-order chi connectivity index (χ0) is 17.1. The maximum atomic E-state index is 4.55. The Morgan fingerprint density at radius 1 is 1.28 bits per heavy atom. The van der Waals surface area contributed by atoms with Crippen molar-refractivity contribution in [2.24, 2.45) is 7.05 Å². The molecule has 7 nitrogen and oxygen atoms in total. The Kier molecular flexibility index (Phi) is 4.30. The lowest BCUT2D eigenvalue weighted by molar-refractivity contribution is 0.271. The van der Waals surface area contributed by atoms with E-state index in [4.69, 9.17) is 0 Å². The number of rotatable bonds is 4. The molecule has 0 fully saturated rings. The van der Waals surface area contributed by atoms with Crippen LogP contribution in [0, 0.1) is 0 Å². The number of hydrogen-bond acceptors (Lipinski definition) is 6. The van der Waals surface area contributed by atoms with Crippen LogP contribution in [0.3, 0.4) is 0 Å². The molecule has 0 atom stereocenters. The minimum Gasteiger partial charge on any atom is -0.383 e. The number of nitrogens with zero attached hydrogens (tertiary/aromatic N) is 5. The highest BCUT2D eigenvalue weighted by atomic mass is 15.2. The SMILES string of the molecule is Cn1cc(CN2CCNc3cc(Nc4cccnc4)ncc3C2)cn1.